The lowest BCUT2D eigenvalue weighted by Crippen LogP contribution is -1.88. The molecule has 0 aliphatic heterocycles. The van der Waals surface area contributed by atoms with Crippen molar-refractivity contribution in [3.05, 3.63) is 72.6 Å². The van der Waals surface area contributed by atoms with Gasteiger partial charge >= 0.3 is 0 Å². The quantitative estimate of drug-likeness (QED) is 0.427. The van der Waals surface area contributed by atoms with Crippen molar-refractivity contribution in [2.24, 2.45) is 0 Å². The molecule has 0 aliphatic rings. The SMILES string of the molecule is c1csc(-c2cccc3[nH]c(-c4n[nH]c5cnc(-c6cnccn6)cc45)cc23)c1. The lowest BCUT2D eigenvalue weighted by molar-refractivity contribution is 1.11. The number of hydrogen-bond acceptors (Lipinski definition) is 5. The molecule has 0 atom stereocenters. The van der Waals surface area contributed by atoms with Crippen molar-refractivity contribution in [2.75, 3.05) is 0 Å². The summed E-state index contributed by atoms with van der Waals surface area (Å²) in [7, 11) is 0. The summed E-state index contributed by atoms with van der Waals surface area (Å²) in [6.07, 6.45) is 6.82. The van der Waals surface area contributed by atoms with Crippen LogP contribution in [-0.2, 0) is 0 Å². The minimum Gasteiger partial charge on any atom is -0.353 e. The summed E-state index contributed by atoms with van der Waals surface area (Å²) in [5.41, 5.74) is 6.52. The van der Waals surface area contributed by atoms with Crippen molar-refractivity contribution < 1.29 is 0 Å². The van der Waals surface area contributed by atoms with Crippen LogP contribution in [0.3, 0.4) is 0 Å². The van der Waals surface area contributed by atoms with E-state index in [0.717, 1.165) is 39.2 Å². The van der Waals surface area contributed by atoms with Crippen LogP contribution >= 0.6 is 11.3 Å². The topological polar surface area (TPSA) is 83.1 Å². The van der Waals surface area contributed by atoms with Gasteiger partial charge in [0.05, 0.1) is 29.3 Å². The lowest BCUT2D eigenvalue weighted by atomic mass is 10.1. The fourth-order valence-electron chi connectivity index (χ4n) is 3.62. The number of pyridine rings is 1. The highest BCUT2D eigenvalue weighted by Gasteiger charge is 2.15. The van der Waals surface area contributed by atoms with Gasteiger partial charge in [0, 0.05) is 39.1 Å². The molecule has 6 nitrogen and oxygen atoms in total. The lowest BCUT2D eigenvalue weighted by Gasteiger charge is -1.99. The van der Waals surface area contributed by atoms with Crippen molar-refractivity contribution in [2.45, 2.75) is 0 Å². The van der Waals surface area contributed by atoms with E-state index in [1.807, 2.05) is 6.07 Å². The van der Waals surface area contributed by atoms with Crippen molar-refractivity contribution in [3.8, 4) is 33.2 Å². The van der Waals surface area contributed by atoms with Gasteiger partial charge in [-0.3, -0.25) is 20.1 Å². The number of thiophene rings is 1. The zero-order valence-corrected chi connectivity index (χ0v) is 15.9. The highest BCUT2D eigenvalue weighted by atomic mass is 32.1. The van der Waals surface area contributed by atoms with E-state index in [9.17, 15) is 0 Å². The van der Waals surface area contributed by atoms with E-state index < -0.39 is 0 Å². The zero-order valence-electron chi connectivity index (χ0n) is 15.1. The molecule has 0 saturated heterocycles. The summed E-state index contributed by atoms with van der Waals surface area (Å²) in [5, 5.41) is 11.9. The van der Waals surface area contributed by atoms with Crippen LogP contribution in [0.25, 0.3) is 55.0 Å². The Hall–Kier alpha value is -3.84. The maximum atomic E-state index is 4.56. The van der Waals surface area contributed by atoms with Gasteiger partial charge in [-0.25, -0.2) is 0 Å². The van der Waals surface area contributed by atoms with E-state index in [-0.39, 0.29) is 0 Å². The number of aromatic amines is 2. The van der Waals surface area contributed by atoms with E-state index >= 15 is 0 Å². The van der Waals surface area contributed by atoms with E-state index in [4.69, 9.17) is 0 Å². The van der Waals surface area contributed by atoms with Gasteiger partial charge in [0.15, 0.2) is 0 Å². The number of rotatable bonds is 3. The molecule has 0 saturated carbocycles. The summed E-state index contributed by atoms with van der Waals surface area (Å²) in [5.74, 6) is 0. The number of H-pyrrole nitrogens is 2. The first-order valence-corrected chi connectivity index (χ1v) is 10.0. The van der Waals surface area contributed by atoms with Crippen LogP contribution in [0, 0.1) is 0 Å². The Balaban J connectivity index is 1.53. The number of nitrogens with one attached hydrogen (secondary N) is 2. The molecule has 0 fully saturated rings. The Bertz CT molecular complexity index is 1450. The molecule has 0 amide bonds. The smallest absolute Gasteiger partial charge is 0.116 e. The first-order valence-electron chi connectivity index (χ1n) is 9.13. The second kappa shape index (κ2) is 6.35. The second-order valence-electron chi connectivity index (χ2n) is 6.71. The fourth-order valence-corrected chi connectivity index (χ4v) is 4.39. The summed E-state index contributed by atoms with van der Waals surface area (Å²) >= 11 is 1.74. The largest absolute Gasteiger partial charge is 0.353 e. The van der Waals surface area contributed by atoms with Gasteiger partial charge in [0.25, 0.3) is 0 Å². The Morgan fingerprint density at radius 3 is 2.69 bits per heavy atom. The summed E-state index contributed by atoms with van der Waals surface area (Å²) in [6.45, 7) is 0. The van der Waals surface area contributed by atoms with Crippen LogP contribution in [0.1, 0.15) is 0 Å². The molecule has 1 aromatic carbocycles. The first-order chi connectivity index (χ1) is 14.4. The van der Waals surface area contributed by atoms with Crippen LogP contribution in [0.15, 0.2) is 72.6 Å². The van der Waals surface area contributed by atoms with Gasteiger partial charge in [0.1, 0.15) is 11.4 Å². The van der Waals surface area contributed by atoms with E-state index in [0.29, 0.717) is 0 Å². The summed E-state index contributed by atoms with van der Waals surface area (Å²) in [4.78, 5) is 17.8. The van der Waals surface area contributed by atoms with Crippen LogP contribution in [0.2, 0.25) is 0 Å². The van der Waals surface area contributed by atoms with Crippen molar-refractivity contribution >= 4 is 33.1 Å². The highest BCUT2D eigenvalue weighted by Crippen LogP contribution is 2.36. The van der Waals surface area contributed by atoms with Crippen LogP contribution in [0.5, 0.6) is 0 Å². The standard InChI is InChI=1S/C22H14N6S/c1-3-13(21-5-2-8-29-21)14-9-18(26-16(14)4-1)22-15-10-17(20-11-23-6-7-24-20)25-12-19(15)27-28-22/h1-12,26H,(H,27,28). The van der Waals surface area contributed by atoms with E-state index in [1.165, 1.54) is 15.8 Å². The van der Waals surface area contributed by atoms with Gasteiger partial charge in [0.2, 0.25) is 0 Å². The van der Waals surface area contributed by atoms with Gasteiger partial charge < -0.3 is 4.98 Å². The Labute approximate surface area is 169 Å². The van der Waals surface area contributed by atoms with Gasteiger partial charge in [-0.15, -0.1) is 11.3 Å². The molecule has 7 heteroatoms. The molecular weight excluding hydrogens is 380 g/mol. The molecule has 0 bridgehead atoms. The van der Waals surface area contributed by atoms with E-state index in [1.54, 1.807) is 36.1 Å². The van der Waals surface area contributed by atoms with Gasteiger partial charge in [-0.2, -0.15) is 5.10 Å². The molecule has 29 heavy (non-hydrogen) atoms. The van der Waals surface area contributed by atoms with E-state index in [2.05, 4.69) is 71.9 Å². The van der Waals surface area contributed by atoms with Crippen molar-refractivity contribution in [1.82, 2.24) is 30.1 Å². The predicted octanol–water partition coefficient (Wildman–Crippen LogP) is 5.29. The summed E-state index contributed by atoms with van der Waals surface area (Å²) in [6, 6.07) is 14.7. The third-order valence-corrected chi connectivity index (χ3v) is 5.88. The Kier molecular flexibility index (Phi) is 3.54. The molecule has 5 heterocycles. The number of hydrogen-bond donors (Lipinski definition) is 2. The molecule has 0 aliphatic carbocycles. The number of nitrogens with zero attached hydrogens (tertiary/aromatic N) is 4. The van der Waals surface area contributed by atoms with Crippen LogP contribution in [-0.4, -0.2) is 30.1 Å². The van der Waals surface area contributed by atoms with Crippen molar-refractivity contribution in [1.29, 1.82) is 0 Å². The number of fused-ring (bicyclic) bond motifs is 2. The zero-order chi connectivity index (χ0) is 19.2. The van der Waals surface area contributed by atoms with Crippen LogP contribution < -0.4 is 0 Å². The molecule has 2 N–H and O–H groups in total. The maximum absolute atomic E-state index is 4.56. The monoisotopic (exact) mass is 394 g/mol. The molecule has 0 unspecified atom stereocenters. The molecular formula is C22H14N6S. The normalized spacial score (nSPS) is 11.4. The van der Waals surface area contributed by atoms with Crippen molar-refractivity contribution in [3.63, 3.8) is 0 Å². The van der Waals surface area contributed by atoms with Crippen LogP contribution in [0.4, 0.5) is 0 Å². The maximum Gasteiger partial charge on any atom is 0.116 e. The highest BCUT2D eigenvalue weighted by molar-refractivity contribution is 7.13. The Morgan fingerprint density at radius 2 is 1.83 bits per heavy atom. The molecule has 6 aromatic rings. The number of aromatic nitrogens is 6. The minimum atomic E-state index is 0.734. The molecule has 5 aromatic heterocycles. The average molecular weight is 394 g/mol. The third kappa shape index (κ3) is 2.63. The first kappa shape index (κ1) is 16.1. The third-order valence-electron chi connectivity index (χ3n) is 4.98. The molecule has 6 rings (SSSR count). The average Bonchev–Trinajstić information content (AvgIpc) is 3.52. The minimum absolute atomic E-state index is 0.734. The molecule has 0 radical (unpaired) electrons. The second-order valence-corrected chi connectivity index (χ2v) is 7.65. The molecule has 138 valence electrons. The molecule has 0 spiro atoms. The Morgan fingerprint density at radius 1 is 0.828 bits per heavy atom. The van der Waals surface area contributed by atoms with Gasteiger partial charge in [-0.05, 0) is 29.6 Å². The summed E-state index contributed by atoms with van der Waals surface area (Å²) < 4.78 is 0. The fraction of sp³-hybridized carbons (Fsp3) is 0. The number of benzene rings is 1. The predicted molar refractivity (Wildman–Crippen MR) is 116 cm³/mol. The van der Waals surface area contributed by atoms with Gasteiger partial charge in [-0.1, -0.05) is 18.2 Å².